The van der Waals surface area contributed by atoms with E-state index in [0.717, 1.165) is 6.54 Å². The van der Waals surface area contributed by atoms with Crippen molar-refractivity contribution in [1.82, 2.24) is 5.32 Å². The zero-order valence-corrected chi connectivity index (χ0v) is 9.75. The fraction of sp³-hybridized carbons (Fsp3) is 0.400. The minimum Gasteiger partial charge on any atom is -0.313 e. The van der Waals surface area contributed by atoms with Crippen molar-refractivity contribution in [3.05, 3.63) is 26.4 Å². The number of nitrogens with one attached hydrogen (secondary N) is 1. The Labute approximate surface area is 91.0 Å². The second-order valence-corrected chi connectivity index (χ2v) is 5.72. The van der Waals surface area contributed by atoms with Gasteiger partial charge in [-0.05, 0) is 53.5 Å². The van der Waals surface area contributed by atoms with Crippen LogP contribution in [0.2, 0.25) is 0 Å². The molecule has 0 amide bonds. The first-order chi connectivity index (χ1) is 6.34. The Hall–Kier alpha value is -0.120. The van der Waals surface area contributed by atoms with Crippen LogP contribution < -0.4 is 5.32 Å². The van der Waals surface area contributed by atoms with E-state index in [9.17, 15) is 0 Å². The van der Waals surface area contributed by atoms with Gasteiger partial charge in [-0.15, -0.1) is 11.3 Å². The van der Waals surface area contributed by atoms with E-state index in [-0.39, 0.29) is 0 Å². The second-order valence-electron chi connectivity index (χ2n) is 3.22. The fourth-order valence-corrected chi connectivity index (χ4v) is 2.92. The highest BCUT2D eigenvalue weighted by molar-refractivity contribution is 9.11. The maximum absolute atomic E-state index is 3.47. The van der Waals surface area contributed by atoms with Gasteiger partial charge in [-0.1, -0.05) is 5.57 Å². The van der Waals surface area contributed by atoms with E-state index >= 15 is 0 Å². The highest BCUT2D eigenvalue weighted by atomic mass is 79.9. The van der Waals surface area contributed by atoms with E-state index in [4.69, 9.17) is 0 Å². The van der Waals surface area contributed by atoms with Gasteiger partial charge in [-0.3, -0.25) is 0 Å². The molecule has 13 heavy (non-hydrogen) atoms. The van der Waals surface area contributed by atoms with Crippen molar-refractivity contribution in [3.63, 3.8) is 0 Å². The summed E-state index contributed by atoms with van der Waals surface area (Å²) in [7, 11) is 0. The Morgan fingerprint density at radius 2 is 2.38 bits per heavy atom. The molecule has 2 heterocycles. The summed E-state index contributed by atoms with van der Waals surface area (Å²) in [5, 5.41) is 3.39. The molecule has 1 saturated heterocycles. The van der Waals surface area contributed by atoms with Crippen LogP contribution in [0, 0.1) is 0 Å². The minimum atomic E-state index is 1.06. The highest BCUT2D eigenvalue weighted by Gasteiger charge is 2.04. The first-order valence-electron chi connectivity index (χ1n) is 4.50. The monoisotopic (exact) mass is 257 g/mol. The van der Waals surface area contributed by atoms with Crippen molar-refractivity contribution in [2.24, 2.45) is 0 Å². The number of hydrogen-bond acceptors (Lipinski definition) is 2. The number of thiophene rings is 1. The standard InChI is InChI=1S/C10H12BrNS/c11-10-4-3-9(13-10)6-8-2-1-5-12-7-8/h3-4,6,12H,1-2,5,7H2. The van der Waals surface area contributed by atoms with Gasteiger partial charge >= 0.3 is 0 Å². The topological polar surface area (TPSA) is 12.0 Å². The molecule has 1 aromatic heterocycles. The Bertz CT molecular complexity index is 308. The third kappa shape index (κ3) is 2.66. The molecule has 0 saturated carbocycles. The summed E-state index contributed by atoms with van der Waals surface area (Å²) >= 11 is 5.26. The molecule has 1 aliphatic heterocycles. The molecule has 70 valence electrons. The summed E-state index contributed by atoms with van der Waals surface area (Å²) in [6.45, 7) is 2.24. The molecule has 0 radical (unpaired) electrons. The summed E-state index contributed by atoms with van der Waals surface area (Å²) in [5.41, 5.74) is 1.53. The van der Waals surface area contributed by atoms with Crippen LogP contribution in [0.3, 0.4) is 0 Å². The van der Waals surface area contributed by atoms with Crippen molar-refractivity contribution in [2.75, 3.05) is 13.1 Å². The highest BCUT2D eigenvalue weighted by Crippen LogP contribution is 2.25. The first-order valence-corrected chi connectivity index (χ1v) is 6.11. The second kappa shape index (κ2) is 4.40. The van der Waals surface area contributed by atoms with Gasteiger partial charge in [0, 0.05) is 11.4 Å². The van der Waals surface area contributed by atoms with Crippen LogP contribution in [0.5, 0.6) is 0 Å². The van der Waals surface area contributed by atoms with E-state index in [2.05, 4.69) is 39.5 Å². The zero-order valence-electron chi connectivity index (χ0n) is 7.35. The van der Waals surface area contributed by atoms with Crippen LogP contribution in [0.4, 0.5) is 0 Å². The molecule has 3 heteroatoms. The molecule has 2 rings (SSSR count). The largest absolute Gasteiger partial charge is 0.313 e. The van der Waals surface area contributed by atoms with E-state index in [1.54, 1.807) is 11.3 Å². The van der Waals surface area contributed by atoms with Gasteiger partial charge in [0.05, 0.1) is 3.79 Å². The van der Waals surface area contributed by atoms with Crippen LogP contribution in [0.25, 0.3) is 6.08 Å². The summed E-state index contributed by atoms with van der Waals surface area (Å²) in [6, 6.07) is 4.27. The summed E-state index contributed by atoms with van der Waals surface area (Å²) in [6.07, 6.45) is 4.84. The molecule has 0 spiro atoms. The Morgan fingerprint density at radius 1 is 1.46 bits per heavy atom. The zero-order chi connectivity index (χ0) is 9.10. The van der Waals surface area contributed by atoms with Gasteiger partial charge in [0.15, 0.2) is 0 Å². The third-order valence-corrected chi connectivity index (χ3v) is 3.71. The Kier molecular flexibility index (Phi) is 3.19. The number of hydrogen-bond donors (Lipinski definition) is 1. The van der Waals surface area contributed by atoms with Gasteiger partial charge in [-0.25, -0.2) is 0 Å². The molecule has 0 aromatic carbocycles. The van der Waals surface area contributed by atoms with Crippen molar-refractivity contribution in [2.45, 2.75) is 12.8 Å². The Balaban J connectivity index is 2.09. The lowest BCUT2D eigenvalue weighted by Gasteiger charge is -2.14. The summed E-state index contributed by atoms with van der Waals surface area (Å²) in [5.74, 6) is 0. The van der Waals surface area contributed by atoms with Crippen LogP contribution in [-0.4, -0.2) is 13.1 Å². The van der Waals surface area contributed by atoms with E-state index in [0.29, 0.717) is 0 Å². The van der Waals surface area contributed by atoms with Crippen LogP contribution in [0.15, 0.2) is 21.5 Å². The third-order valence-electron chi connectivity index (χ3n) is 2.14. The van der Waals surface area contributed by atoms with Crippen LogP contribution in [-0.2, 0) is 0 Å². The molecule has 0 aliphatic carbocycles. The molecule has 0 unspecified atom stereocenters. The SMILES string of the molecule is Brc1ccc(C=C2CCCNC2)s1. The lowest BCUT2D eigenvalue weighted by molar-refractivity contribution is 0.613. The normalized spacial score (nSPS) is 20.8. The number of piperidine rings is 1. The molecule has 1 nitrogen and oxygen atoms in total. The maximum atomic E-state index is 3.47. The molecule has 1 fully saturated rings. The first kappa shape index (κ1) is 9.44. The van der Waals surface area contributed by atoms with Gasteiger partial charge in [-0.2, -0.15) is 0 Å². The molecule has 1 aromatic rings. The van der Waals surface area contributed by atoms with Crippen molar-refractivity contribution in [3.8, 4) is 0 Å². The molecular weight excluding hydrogens is 246 g/mol. The van der Waals surface area contributed by atoms with Crippen LogP contribution >= 0.6 is 27.3 Å². The molecule has 1 N–H and O–H groups in total. The van der Waals surface area contributed by atoms with Gasteiger partial charge in [0.2, 0.25) is 0 Å². The summed E-state index contributed by atoms with van der Waals surface area (Å²) in [4.78, 5) is 1.35. The number of halogens is 1. The van der Waals surface area contributed by atoms with Crippen molar-refractivity contribution < 1.29 is 0 Å². The summed E-state index contributed by atoms with van der Waals surface area (Å²) < 4.78 is 1.21. The van der Waals surface area contributed by atoms with Gasteiger partial charge in [0.1, 0.15) is 0 Å². The average molecular weight is 258 g/mol. The molecular formula is C10H12BrNS. The molecule has 1 aliphatic rings. The maximum Gasteiger partial charge on any atom is 0.0704 e. The van der Waals surface area contributed by atoms with E-state index in [1.807, 2.05) is 0 Å². The van der Waals surface area contributed by atoms with Crippen LogP contribution in [0.1, 0.15) is 17.7 Å². The van der Waals surface area contributed by atoms with Crippen molar-refractivity contribution >= 4 is 33.3 Å². The predicted octanol–water partition coefficient (Wildman–Crippen LogP) is 3.28. The molecule has 0 atom stereocenters. The predicted molar refractivity (Wildman–Crippen MR) is 62.1 cm³/mol. The van der Waals surface area contributed by atoms with Crippen molar-refractivity contribution in [1.29, 1.82) is 0 Å². The van der Waals surface area contributed by atoms with E-state index in [1.165, 1.54) is 33.6 Å². The minimum absolute atomic E-state index is 1.06. The number of rotatable bonds is 1. The lowest BCUT2D eigenvalue weighted by atomic mass is 10.1. The van der Waals surface area contributed by atoms with E-state index < -0.39 is 0 Å². The smallest absolute Gasteiger partial charge is 0.0704 e. The lowest BCUT2D eigenvalue weighted by Crippen LogP contribution is -2.23. The Morgan fingerprint density at radius 3 is 3.00 bits per heavy atom. The van der Waals surface area contributed by atoms with Gasteiger partial charge in [0.25, 0.3) is 0 Å². The van der Waals surface area contributed by atoms with Gasteiger partial charge < -0.3 is 5.32 Å². The fourth-order valence-electron chi connectivity index (χ4n) is 1.51. The molecule has 0 bridgehead atoms. The quantitative estimate of drug-likeness (QED) is 0.815. The average Bonchev–Trinajstić information content (AvgIpc) is 2.53.